The standard InChI is InChI=1S/C21H30O3/c1-17-9-4-5-10-18(17)14-16-21(22)15-8-12-19(21)11-6-7-13-20(23-2)24-3/h4-5,9-10,19-20,22H,6-8,11-13,15H2,1-3H3/t19-,21-/m0/s1. The van der Waals surface area contributed by atoms with Gasteiger partial charge in [0.15, 0.2) is 6.29 Å². The quantitative estimate of drug-likeness (QED) is 0.465. The minimum Gasteiger partial charge on any atom is -0.377 e. The highest BCUT2D eigenvalue weighted by Gasteiger charge is 2.39. The Kier molecular flexibility index (Phi) is 7.30. The molecule has 0 amide bonds. The Hall–Kier alpha value is -1.34. The van der Waals surface area contributed by atoms with Gasteiger partial charge in [-0.05, 0) is 63.0 Å². The molecule has 1 aromatic carbocycles. The number of aliphatic hydroxyl groups is 1. The monoisotopic (exact) mass is 330 g/mol. The van der Waals surface area contributed by atoms with E-state index in [9.17, 15) is 5.11 Å². The summed E-state index contributed by atoms with van der Waals surface area (Å²) in [6.07, 6.45) is 6.82. The topological polar surface area (TPSA) is 38.7 Å². The molecule has 2 rings (SSSR count). The Labute approximate surface area is 146 Å². The molecule has 24 heavy (non-hydrogen) atoms. The van der Waals surface area contributed by atoms with Gasteiger partial charge in [0.05, 0.1) is 0 Å². The molecule has 1 aromatic rings. The molecule has 3 nitrogen and oxygen atoms in total. The molecule has 0 bridgehead atoms. The fraction of sp³-hybridized carbons (Fsp3) is 0.619. The van der Waals surface area contributed by atoms with E-state index in [2.05, 4.69) is 24.8 Å². The average Bonchev–Trinajstić information content (AvgIpc) is 2.95. The van der Waals surface area contributed by atoms with Gasteiger partial charge >= 0.3 is 0 Å². The van der Waals surface area contributed by atoms with Gasteiger partial charge in [-0.2, -0.15) is 0 Å². The van der Waals surface area contributed by atoms with Crippen molar-refractivity contribution in [1.82, 2.24) is 0 Å². The van der Waals surface area contributed by atoms with E-state index in [1.54, 1.807) is 14.2 Å². The lowest BCUT2D eigenvalue weighted by atomic mass is 9.86. The summed E-state index contributed by atoms with van der Waals surface area (Å²) >= 11 is 0. The molecule has 1 saturated carbocycles. The molecule has 0 spiro atoms. The molecular weight excluding hydrogens is 300 g/mol. The molecule has 0 radical (unpaired) electrons. The minimum absolute atomic E-state index is 0.117. The second-order valence-corrected chi connectivity index (χ2v) is 6.76. The Morgan fingerprint density at radius 3 is 2.71 bits per heavy atom. The molecule has 3 heteroatoms. The molecule has 1 fully saturated rings. The zero-order chi connectivity index (χ0) is 17.4. The van der Waals surface area contributed by atoms with Crippen molar-refractivity contribution in [3.63, 3.8) is 0 Å². The highest BCUT2D eigenvalue weighted by molar-refractivity contribution is 5.42. The second kappa shape index (κ2) is 9.22. The zero-order valence-electron chi connectivity index (χ0n) is 15.2. The summed E-state index contributed by atoms with van der Waals surface area (Å²) in [5.74, 6) is 6.68. The smallest absolute Gasteiger partial charge is 0.156 e. The number of hydrogen-bond acceptors (Lipinski definition) is 3. The molecule has 1 aliphatic rings. The van der Waals surface area contributed by atoms with Crippen LogP contribution in [0.1, 0.15) is 56.1 Å². The lowest BCUT2D eigenvalue weighted by Crippen LogP contribution is -2.31. The van der Waals surface area contributed by atoms with Gasteiger partial charge in [0.2, 0.25) is 0 Å². The number of benzene rings is 1. The van der Waals surface area contributed by atoms with Gasteiger partial charge in [0.1, 0.15) is 5.60 Å². The third kappa shape index (κ3) is 5.08. The van der Waals surface area contributed by atoms with Crippen molar-refractivity contribution in [3.8, 4) is 11.8 Å². The Balaban J connectivity index is 1.91. The van der Waals surface area contributed by atoms with Crippen LogP contribution < -0.4 is 0 Å². The Morgan fingerprint density at radius 1 is 1.25 bits per heavy atom. The molecule has 0 aromatic heterocycles. The zero-order valence-corrected chi connectivity index (χ0v) is 15.2. The van der Waals surface area contributed by atoms with Crippen molar-refractivity contribution >= 4 is 0 Å². The fourth-order valence-corrected chi connectivity index (χ4v) is 3.53. The van der Waals surface area contributed by atoms with E-state index in [1.807, 2.05) is 18.2 Å². The van der Waals surface area contributed by atoms with E-state index in [4.69, 9.17) is 9.47 Å². The van der Waals surface area contributed by atoms with Crippen LogP contribution in [0, 0.1) is 24.7 Å². The lowest BCUT2D eigenvalue weighted by Gasteiger charge is -2.25. The first-order valence-corrected chi connectivity index (χ1v) is 8.96. The first-order chi connectivity index (χ1) is 11.6. The Bertz CT molecular complexity index is 568. The maximum atomic E-state index is 11.0. The van der Waals surface area contributed by atoms with Gasteiger partial charge in [0.25, 0.3) is 0 Å². The van der Waals surface area contributed by atoms with Gasteiger partial charge in [0, 0.05) is 19.8 Å². The highest BCUT2D eigenvalue weighted by Crippen LogP contribution is 2.38. The van der Waals surface area contributed by atoms with Gasteiger partial charge < -0.3 is 14.6 Å². The molecule has 0 unspecified atom stereocenters. The number of methoxy groups -OCH3 is 2. The van der Waals surface area contributed by atoms with Gasteiger partial charge in [-0.1, -0.05) is 36.5 Å². The molecule has 1 N–H and O–H groups in total. The SMILES string of the molecule is COC(CCCC[C@H]1CCC[C@]1(O)C#Cc1ccccc1C)OC. The van der Waals surface area contributed by atoms with Crippen molar-refractivity contribution in [1.29, 1.82) is 0 Å². The van der Waals surface area contributed by atoms with E-state index < -0.39 is 5.60 Å². The first-order valence-electron chi connectivity index (χ1n) is 8.96. The van der Waals surface area contributed by atoms with Crippen LogP contribution in [-0.4, -0.2) is 31.2 Å². The van der Waals surface area contributed by atoms with Crippen molar-refractivity contribution in [2.24, 2.45) is 5.92 Å². The van der Waals surface area contributed by atoms with Crippen LogP contribution in [0.5, 0.6) is 0 Å². The number of rotatable bonds is 7. The summed E-state index contributed by atoms with van der Waals surface area (Å²) in [6.45, 7) is 2.06. The maximum Gasteiger partial charge on any atom is 0.156 e. The third-order valence-electron chi connectivity index (χ3n) is 5.11. The van der Waals surface area contributed by atoms with Crippen LogP contribution in [0.2, 0.25) is 0 Å². The molecule has 0 saturated heterocycles. The second-order valence-electron chi connectivity index (χ2n) is 6.76. The third-order valence-corrected chi connectivity index (χ3v) is 5.11. The summed E-state index contributed by atoms with van der Waals surface area (Å²) in [6, 6.07) is 8.09. The predicted molar refractivity (Wildman–Crippen MR) is 96.6 cm³/mol. The number of hydrogen-bond donors (Lipinski definition) is 1. The Morgan fingerprint density at radius 2 is 2.00 bits per heavy atom. The lowest BCUT2D eigenvalue weighted by molar-refractivity contribution is -0.107. The molecule has 0 heterocycles. The predicted octanol–water partition coefficient (Wildman–Crippen LogP) is 4.06. The first kappa shape index (κ1) is 19.0. The normalized spacial score (nSPS) is 23.3. The van der Waals surface area contributed by atoms with Crippen molar-refractivity contribution < 1.29 is 14.6 Å². The van der Waals surface area contributed by atoms with Crippen molar-refractivity contribution in [2.75, 3.05) is 14.2 Å². The molecular formula is C21H30O3. The van der Waals surface area contributed by atoms with E-state index >= 15 is 0 Å². The molecule has 1 aliphatic carbocycles. The van der Waals surface area contributed by atoms with Gasteiger partial charge in [-0.3, -0.25) is 0 Å². The van der Waals surface area contributed by atoms with Crippen molar-refractivity contribution in [3.05, 3.63) is 35.4 Å². The summed E-state index contributed by atoms with van der Waals surface area (Å²) in [5, 5.41) is 11.0. The average molecular weight is 330 g/mol. The summed E-state index contributed by atoms with van der Waals surface area (Å²) in [4.78, 5) is 0. The molecule has 0 aliphatic heterocycles. The van der Waals surface area contributed by atoms with Crippen LogP contribution in [0.25, 0.3) is 0 Å². The van der Waals surface area contributed by atoms with Crippen LogP contribution in [-0.2, 0) is 9.47 Å². The van der Waals surface area contributed by atoms with E-state index in [1.165, 1.54) is 0 Å². The van der Waals surface area contributed by atoms with Crippen LogP contribution in [0.4, 0.5) is 0 Å². The maximum absolute atomic E-state index is 11.0. The number of ether oxygens (including phenoxy) is 2. The largest absolute Gasteiger partial charge is 0.377 e. The van der Waals surface area contributed by atoms with Gasteiger partial charge in [-0.15, -0.1) is 0 Å². The summed E-state index contributed by atoms with van der Waals surface area (Å²) in [5.41, 5.74) is 1.34. The van der Waals surface area contributed by atoms with Crippen molar-refractivity contribution in [2.45, 2.75) is 63.8 Å². The van der Waals surface area contributed by atoms with Crippen LogP contribution in [0.15, 0.2) is 24.3 Å². The summed E-state index contributed by atoms with van der Waals surface area (Å²) < 4.78 is 10.4. The highest BCUT2D eigenvalue weighted by atomic mass is 16.7. The molecule has 2 atom stereocenters. The van der Waals surface area contributed by atoms with E-state index in [-0.39, 0.29) is 12.2 Å². The number of aryl methyl sites for hydroxylation is 1. The van der Waals surface area contributed by atoms with E-state index in [0.29, 0.717) is 0 Å². The van der Waals surface area contributed by atoms with Gasteiger partial charge in [-0.25, -0.2) is 0 Å². The van der Waals surface area contributed by atoms with Crippen LogP contribution >= 0.6 is 0 Å². The van der Waals surface area contributed by atoms with Crippen LogP contribution in [0.3, 0.4) is 0 Å². The number of unbranched alkanes of at least 4 members (excludes halogenated alkanes) is 1. The minimum atomic E-state index is -0.829. The molecule has 132 valence electrons. The fourth-order valence-electron chi connectivity index (χ4n) is 3.53. The summed E-state index contributed by atoms with van der Waals surface area (Å²) in [7, 11) is 3.34. The van der Waals surface area contributed by atoms with E-state index in [0.717, 1.165) is 56.1 Å².